The number of carbonyl (C=O) groups excluding carboxylic acids is 1. The van der Waals surface area contributed by atoms with Gasteiger partial charge in [0.15, 0.2) is 10.7 Å². The van der Waals surface area contributed by atoms with Gasteiger partial charge in [0.1, 0.15) is 5.69 Å². The number of carbonyl (C=O) groups is 1. The average Bonchev–Trinajstić information content (AvgIpc) is 3.33. The Morgan fingerprint density at radius 1 is 1.13 bits per heavy atom. The molecule has 0 saturated heterocycles. The van der Waals surface area contributed by atoms with Crippen LogP contribution in [0.25, 0.3) is 11.0 Å². The minimum Gasteiger partial charge on any atom is -0.356 e. The van der Waals surface area contributed by atoms with E-state index >= 15 is 0 Å². The van der Waals surface area contributed by atoms with Gasteiger partial charge in [-0.3, -0.25) is 9.52 Å². The fourth-order valence-electron chi connectivity index (χ4n) is 2.89. The summed E-state index contributed by atoms with van der Waals surface area (Å²) in [6, 6.07) is 9.76. The third-order valence-electron chi connectivity index (χ3n) is 4.59. The molecule has 0 radical (unpaired) electrons. The number of anilines is 2. The largest absolute Gasteiger partial charge is 0.356 e. The summed E-state index contributed by atoms with van der Waals surface area (Å²) in [5.41, 5.74) is 3.86. The predicted octanol–water partition coefficient (Wildman–Crippen LogP) is 3.88. The molecule has 0 spiro atoms. The summed E-state index contributed by atoms with van der Waals surface area (Å²) >= 11 is 1.19. The number of fused-ring (bicyclic) bond motifs is 1. The highest BCUT2D eigenvalue weighted by Crippen LogP contribution is 2.24. The van der Waals surface area contributed by atoms with Gasteiger partial charge in [-0.1, -0.05) is 5.16 Å². The number of rotatable bonds is 6. The Kier molecular flexibility index (Phi) is 5.27. The number of sulfonamides is 1. The number of aryl methyl sites for hydroxylation is 2. The van der Waals surface area contributed by atoms with Crippen LogP contribution in [-0.2, 0) is 21.2 Å². The fourth-order valence-corrected chi connectivity index (χ4v) is 4.68. The van der Waals surface area contributed by atoms with Gasteiger partial charge in [-0.2, -0.15) is 0 Å². The van der Waals surface area contributed by atoms with Crippen molar-refractivity contribution >= 4 is 49.1 Å². The minimum atomic E-state index is -3.74. The molecule has 2 aromatic carbocycles. The molecule has 2 aromatic heterocycles. The second-order valence-corrected chi connectivity index (χ2v) is 9.33. The number of hydrogen-bond acceptors (Lipinski definition) is 7. The molecule has 0 unspecified atom stereocenters. The van der Waals surface area contributed by atoms with Crippen LogP contribution < -0.4 is 10.0 Å². The molecule has 10 heteroatoms. The molecule has 0 aliphatic carbocycles. The third kappa shape index (κ3) is 4.19. The topological polar surface area (TPSA) is 114 Å². The normalized spacial score (nSPS) is 11.5. The van der Waals surface area contributed by atoms with Crippen LogP contribution in [0.2, 0.25) is 0 Å². The van der Waals surface area contributed by atoms with Crippen molar-refractivity contribution in [1.29, 1.82) is 0 Å². The number of nitrogens with one attached hydrogen (secondary N) is 2. The van der Waals surface area contributed by atoms with Crippen LogP contribution in [0.15, 0.2) is 57.4 Å². The number of nitrogens with zero attached hydrogens (tertiary/aromatic N) is 2. The lowest BCUT2D eigenvalue weighted by Gasteiger charge is -2.07. The summed E-state index contributed by atoms with van der Waals surface area (Å²) in [7, 11) is -3.74. The van der Waals surface area contributed by atoms with Crippen molar-refractivity contribution in [3.8, 4) is 0 Å². The van der Waals surface area contributed by atoms with Gasteiger partial charge in [-0.05, 0) is 61.4 Å². The van der Waals surface area contributed by atoms with E-state index in [1.165, 1.54) is 41.8 Å². The molecule has 154 valence electrons. The fraction of sp³-hybridized carbons (Fsp3) is 0.150. The standard InChI is InChI=1S/C20H18N4O4S2/c1-12-9-16-17(23-28-18(16)10-13(12)2)11-19(25)22-14-3-5-15(6-4-14)30(26,27)24-20-21-7-8-29-20/h3-10H,11H2,1-2H3,(H,21,24)(H,22,25). The van der Waals surface area contributed by atoms with Gasteiger partial charge in [0, 0.05) is 22.7 Å². The molecule has 8 nitrogen and oxygen atoms in total. The Morgan fingerprint density at radius 2 is 1.87 bits per heavy atom. The van der Waals surface area contributed by atoms with Gasteiger partial charge in [0.05, 0.1) is 11.3 Å². The first kappa shape index (κ1) is 20.0. The lowest BCUT2D eigenvalue weighted by Crippen LogP contribution is -2.15. The quantitative estimate of drug-likeness (QED) is 0.468. The SMILES string of the molecule is Cc1cc2onc(CC(=O)Nc3ccc(S(=O)(=O)Nc4nccs4)cc3)c2cc1C. The monoisotopic (exact) mass is 442 g/mol. The zero-order chi connectivity index (χ0) is 21.3. The van der Waals surface area contributed by atoms with Gasteiger partial charge in [0.2, 0.25) is 5.91 Å². The van der Waals surface area contributed by atoms with E-state index in [2.05, 4.69) is 20.2 Å². The molecule has 0 aliphatic rings. The van der Waals surface area contributed by atoms with Crippen molar-refractivity contribution in [2.45, 2.75) is 25.2 Å². The van der Waals surface area contributed by atoms with E-state index in [1.54, 1.807) is 5.38 Å². The molecule has 2 N–H and O–H groups in total. The summed E-state index contributed by atoms with van der Waals surface area (Å²) in [5.74, 6) is -0.278. The highest BCUT2D eigenvalue weighted by atomic mass is 32.2. The van der Waals surface area contributed by atoms with Gasteiger partial charge in [-0.25, -0.2) is 13.4 Å². The highest BCUT2D eigenvalue weighted by molar-refractivity contribution is 7.93. The maximum Gasteiger partial charge on any atom is 0.263 e. The average molecular weight is 443 g/mol. The van der Waals surface area contributed by atoms with Gasteiger partial charge < -0.3 is 9.84 Å². The smallest absolute Gasteiger partial charge is 0.263 e. The maximum absolute atomic E-state index is 12.4. The number of aromatic nitrogens is 2. The van der Waals surface area contributed by atoms with Crippen LogP contribution in [0.3, 0.4) is 0 Å². The van der Waals surface area contributed by atoms with Crippen molar-refractivity contribution in [1.82, 2.24) is 10.1 Å². The van der Waals surface area contributed by atoms with E-state index in [4.69, 9.17) is 4.52 Å². The summed E-state index contributed by atoms with van der Waals surface area (Å²) in [4.78, 5) is 16.4. The van der Waals surface area contributed by atoms with Gasteiger partial charge >= 0.3 is 0 Å². The molecule has 4 aromatic rings. The van der Waals surface area contributed by atoms with Crippen molar-refractivity contribution in [2.75, 3.05) is 10.0 Å². The maximum atomic E-state index is 12.4. The third-order valence-corrected chi connectivity index (χ3v) is 6.76. The Bertz CT molecular complexity index is 1310. The van der Waals surface area contributed by atoms with Crippen LogP contribution in [0, 0.1) is 13.8 Å². The molecule has 1 amide bonds. The second kappa shape index (κ2) is 7.88. The molecule has 4 rings (SSSR count). The Balaban J connectivity index is 1.45. The van der Waals surface area contributed by atoms with Crippen LogP contribution in [0.4, 0.5) is 10.8 Å². The number of amides is 1. The van der Waals surface area contributed by atoms with Crippen molar-refractivity contribution < 1.29 is 17.7 Å². The van der Waals surface area contributed by atoms with Crippen LogP contribution in [-0.4, -0.2) is 24.5 Å². The molecular formula is C20H18N4O4S2. The van der Waals surface area contributed by atoms with Crippen molar-refractivity contribution in [3.63, 3.8) is 0 Å². The van der Waals surface area contributed by atoms with Gasteiger partial charge in [-0.15, -0.1) is 11.3 Å². The Labute approximate surface area is 177 Å². The van der Waals surface area contributed by atoms with Crippen LogP contribution >= 0.6 is 11.3 Å². The number of thiazole rings is 1. The Morgan fingerprint density at radius 3 is 2.57 bits per heavy atom. The van der Waals surface area contributed by atoms with E-state index < -0.39 is 10.0 Å². The lowest BCUT2D eigenvalue weighted by molar-refractivity contribution is -0.115. The van der Waals surface area contributed by atoms with Gasteiger partial charge in [0.25, 0.3) is 10.0 Å². The summed E-state index contributed by atoms with van der Waals surface area (Å²) < 4.78 is 32.5. The second-order valence-electron chi connectivity index (χ2n) is 6.75. The minimum absolute atomic E-state index is 0.0428. The number of hydrogen-bond donors (Lipinski definition) is 2. The van der Waals surface area contributed by atoms with E-state index in [1.807, 2.05) is 26.0 Å². The first-order valence-electron chi connectivity index (χ1n) is 8.99. The molecule has 0 bridgehead atoms. The first-order chi connectivity index (χ1) is 14.3. The van der Waals surface area contributed by atoms with Crippen LogP contribution in [0.5, 0.6) is 0 Å². The highest BCUT2D eigenvalue weighted by Gasteiger charge is 2.17. The zero-order valence-electron chi connectivity index (χ0n) is 16.2. The molecule has 2 heterocycles. The zero-order valence-corrected chi connectivity index (χ0v) is 17.8. The molecule has 0 fully saturated rings. The summed E-state index contributed by atoms with van der Waals surface area (Å²) in [5, 5.41) is 9.54. The van der Waals surface area contributed by atoms with Crippen molar-refractivity contribution in [3.05, 3.63) is 64.8 Å². The van der Waals surface area contributed by atoms with E-state index in [0.717, 1.165) is 16.5 Å². The van der Waals surface area contributed by atoms with E-state index in [-0.39, 0.29) is 22.4 Å². The number of benzene rings is 2. The van der Waals surface area contributed by atoms with E-state index in [0.29, 0.717) is 17.0 Å². The first-order valence-corrected chi connectivity index (χ1v) is 11.4. The van der Waals surface area contributed by atoms with E-state index in [9.17, 15) is 13.2 Å². The molecular weight excluding hydrogens is 424 g/mol. The summed E-state index contributed by atoms with van der Waals surface area (Å²) in [6.45, 7) is 3.98. The molecule has 0 saturated carbocycles. The molecule has 0 atom stereocenters. The van der Waals surface area contributed by atoms with Crippen molar-refractivity contribution in [2.24, 2.45) is 0 Å². The summed E-state index contributed by atoms with van der Waals surface area (Å²) in [6.07, 6.45) is 1.56. The predicted molar refractivity (Wildman–Crippen MR) is 115 cm³/mol. The Hall–Kier alpha value is -3.24. The lowest BCUT2D eigenvalue weighted by atomic mass is 10.1. The molecule has 30 heavy (non-hydrogen) atoms. The van der Waals surface area contributed by atoms with Crippen LogP contribution in [0.1, 0.15) is 16.8 Å². The molecule has 0 aliphatic heterocycles.